The molecule has 0 saturated heterocycles. The van der Waals surface area contributed by atoms with Crippen molar-refractivity contribution >= 4 is 41.5 Å². The molecule has 0 radical (unpaired) electrons. The van der Waals surface area contributed by atoms with E-state index in [-0.39, 0.29) is 48.7 Å². The lowest BCUT2D eigenvalue weighted by Gasteiger charge is -2.20. The van der Waals surface area contributed by atoms with Gasteiger partial charge in [0.25, 0.3) is 0 Å². The number of nitrogens with one attached hydrogen (secondary N) is 5. The molecule has 0 heterocycles. The molecule has 0 aromatic rings. The van der Waals surface area contributed by atoms with Gasteiger partial charge in [-0.05, 0) is 107 Å². The van der Waals surface area contributed by atoms with E-state index in [1.807, 2.05) is 34.6 Å². The van der Waals surface area contributed by atoms with E-state index in [0.717, 1.165) is 141 Å². The molecule has 0 aliphatic carbocycles. The maximum atomic E-state index is 11.5. The molecule has 7 unspecified atom stereocenters. The van der Waals surface area contributed by atoms with Crippen LogP contribution in [0.4, 0.5) is 4.79 Å². The van der Waals surface area contributed by atoms with Crippen LogP contribution in [0.25, 0.3) is 0 Å². The van der Waals surface area contributed by atoms with Crippen LogP contribution in [0.15, 0.2) is 0 Å². The Hall–Kier alpha value is -2.78. The Kier molecular flexibility index (Phi) is 88.9. The molecule has 91 heavy (non-hydrogen) atoms. The monoisotopic (exact) mass is 1330 g/mol. The van der Waals surface area contributed by atoms with Crippen LogP contribution in [0.1, 0.15) is 254 Å². The first-order valence-electron chi connectivity index (χ1n) is 36.3. The number of amides is 5. The number of unbranched alkanes of at least 4 members (excludes halogenated alkanes) is 4. The van der Waals surface area contributed by atoms with Crippen molar-refractivity contribution in [2.45, 2.75) is 260 Å². The van der Waals surface area contributed by atoms with Crippen molar-refractivity contribution in [3.8, 4) is 0 Å². The van der Waals surface area contributed by atoms with Crippen molar-refractivity contribution in [1.29, 1.82) is 0 Å². The quantitative estimate of drug-likeness (QED) is 0.0358. The summed E-state index contributed by atoms with van der Waals surface area (Å²) in [5, 5.41) is 13.7. The second-order valence-electron chi connectivity index (χ2n) is 24.1. The average molecular weight is 1330 g/mol. The van der Waals surface area contributed by atoms with E-state index < -0.39 is 0 Å². The SMILES string of the molecule is CCC(=O)NCCOCC(C)CC.CCCCCOCC(C)CC.CCNC(=O)CCC(=O)NCCCCCOCC(C)CC.CCNC(=O)CCSCCCOC(COCC(C)CC)COCC(C)CC.CCNC(=O)OCC(C)CC.CCOCC(C)CC. The maximum absolute atomic E-state index is 11.5. The molecular weight excluding hydrogens is 1170 g/mol. The van der Waals surface area contributed by atoms with Crippen LogP contribution in [0, 0.1) is 41.4 Å². The van der Waals surface area contributed by atoms with Gasteiger partial charge < -0.3 is 64.5 Å². The van der Waals surface area contributed by atoms with Gasteiger partial charge in [-0.3, -0.25) is 19.2 Å². The lowest BCUT2D eigenvalue weighted by atomic mass is 10.1. The molecule has 18 nitrogen and oxygen atoms in total. The van der Waals surface area contributed by atoms with Crippen molar-refractivity contribution in [2.24, 2.45) is 41.4 Å². The van der Waals surface area contributed by atoms with Crippen LogP contribution in [0.5, 0.6) is 0 Å². The predicted molar refractivity (Wildman–Crippen MR) is 384 cm³/mol. The summed E-state index contributed by atoms with van der Waals surface area (Å²) < 4.78 is 44.1. The Bertz CT molecular complexity index is 1490. The zero-order valence-electron chi connectivity index (χ0n) is 62.9. The minimum Gasteiger partial charge on any atom is -0.449 e. The molecule has 19 heteroatoms. The molecule has 0 aliphatic rings. The van der Waals surface area contributed by atoms with Crippen molar-refractivity contribution in [3.63, 3.8) is 0 Å². The number of hydrogen-bond acceptors (Lipinski definition) is 14. The van der Waals surface area contributed by atoms with E-state index in [1.54, 1.807) is 11.8 Å². The Morgan fingerprint density at radius 3 is 1.16 bits per heavy atom. The van der Waals surface area contributed by atoms with Gasteiger partial charge >= 0.3 is 6.09 Å². The summed E-state index contributed by atoms with van der Waals surface area (Å²) >= 11 is 1.81. The number of rotatable bonds is 54. The molecule has 0 aromatic carbocycles. The zero-order chi connectivity index (χ0) is 70.0. The van der Waals surface area contributed by atoms with Crippen LogP contribution in [-0.4, -0.2) is 173 Å². The van der Waals surface area contributed by atoms with Gasteiger partial charge in [0.15, 0.2) is 0 Å². The van der Waals surface area contributed by atoms with Crippen LogP contribution in [0.2, 0.25) is 0 Å². The molecule has 5 amide bonds. The first-order valence-corrected chi connectivity index (χ1v) is 37.4. The van der Waals surface area contributed by atoms with Crippen LogP contribution in [0.3, 0.4) is 0 Å². The number of carbonyl (C=O) groups excluding carboxylic acids is 5. The van der Waals surface area contributed by atoms with E-state index in [1.165, 1.54) is 32.1 Å². The van der Waals surface area contributed by atoms with Gasteiger partial charge in [0, 0.05) is 130 Å². The maximum Gasteiger partial charge on any atom is 0.407 e. The summed E-state index contributed by atoms with van der Waals surface area (Å²) in [4.78, 5) is 55.6. The summed E-state index contributed by atoms with van der Waals surface area (Å²) in [6.07, 6.45) is 17.2. The number of carbonyl (C=O) groups is 5. The van der Waals surface area contributed by atoms with E-state index in [4.69, 9.17) is 37.9 Å². The third kappa shape index (κ3) is 89.3. The Morgan fingerprint density at radius 2 is 0.736 bits per heavy atom. The summed E-state index contributed by atoms with van der Waals surface area (Å²) in [5.41, 5.74) is 0. The number of thioether (sulfide) groups is 1. The molecule has 7 atom stereocenters. The highest BCUT2D eigenvalue weighted by atomic mass is 32.2. The summed E-state index contributed by atoms with van der Waals surface area (Å²) in [7, 11) is 0. The van der Waals surface area contributed by atoms with Crippen LogP contribution >= 0.6 is 11.8 Å². The Morgan fingerprint density at radius 1 is 0.341 bits per heavy atom. The van der Waals surface area contributed by atoms with E-state index >= 15 is 0 Å². The fraction of sp³-hybridized carbons (Fsp3) is 0.931. The van der Waals surface area contributed by atoms with Gasteiger partial charge in [0.1, 0.15) is 6.10 Å². The summed E-state index contributed by atoms with van der Waals surface area (Å²) in [6.45, 7) is 56.1. The number of ether oxygens (including phenoxy) is 8. The van der Waals surface area contributed by atoms with Crippen LogP contribution < -0.4 is 26.6 Å². The molecule has 0 aliphatic heterocycles. The third-order valence-corrected chi connectivity index (χ3v) is 15.7. The number of alkyl carbamates (subject to hydrolysis) is 1. The van der Waals surface area contributed by atoms with E-state index in [2.05, 4.69) is 130 Å². The predicted octanol–water partition coefficient (Wildman–Crippen LogP) is 15.1. The van der Waals surface area contributed by atoms with Crippen molar-refractivity contribution in [3.05, 3.63) is 0 Å². The largest absolute Gasteiger partial charge is 0.449 e. The zero-order valence-corrected chi connectivity index (χ0v) is 63.7. The molecular formula is C72H151N5O13S. The summed E-state index contributed by atoms with van der Waals surface area (Å²) in [6, 6.07) is 0. The van der Waals surface area contributed by atoms with Gasteiger partial charge in [-0.1, -0.05) is 169 Å². The van der Waals surface area contributed by atoms with Crippen molar-refractivity contribution in [1.82, 2.24) is 26.6 Å². The molecule has 548 valence electrons. The minimum absolute atomic E-state index is 0.00144. The Labute approximate surface area is 565 Å². The topological polar surface area (TPSA) is 219 Å². The molecule has 0 spiro atoms. The van der Waals surface area contributed by atoms with Gasteiger partial charge in [-0.25, -0.2) is 4.79 Å². The fourth-order valence-corrected chi connectivity index (χ4v) is 7.35. The van der Waals surface area contributed by atoms with Gasteiger partial charge in [-0.15, -0.1) is 0 Å². The molecule has 0 fully saturated rings. The highest BCUT2D eigenvalue weighted by Gasteiger charge is 2.13. The van der Waals surface area contributed by atoms with E-state index in [9.17, 15) is 24.0 Å². The fourth-order valence-electron chi connectivity index (χ4n) is 6.50. The standard InChI is InChI=1S/C21H43NO4S.C16H32N2O3.C10H21NO2.C10H22O.C8H17NO2.C7H16O/c1-6-18(4)14-24-16-20(17-25-15-19(5)7-2)26-11-9-12-27-13-10-21(23)22-8-3;1-4-14(3)13-21-12-8-6-7-11-18-16(20)10-9-15(19)17-5-2;1-4-9(3)8-13-7-6-11-10(12)5-2;1-4-6-7-8-11-9-10(3)5-2;1-4-7(3)6-11-8(10)9-5-2;1-4-7(3)6-8-5-2/h18-20H,6-17H2,1-5H3,(H,22,23);14H,4-13H2,1-3H3,(H,17,19)(H,18,20);9H,4-8H2,1-3H3,(H,11,12);10H,4-9H2,1-3H3;7H,4-6H2,1-3H3,(H,9,10);7H,4-6H2,1-3H3. The highest BCUT2D eigenvalue weighted by molar-refractivity contribution is 7.99. The molecule has 0 saturated carbocycles. The lowest BCUT2D eigenvalue weighted by molar-refractivity contribution is -0.126. The molecule has 5 N–H and O–H groups in total. The molecule has 0 aromatic heterocycles. The van der Waals surface area contributed by atoms with Gasteiger partial charge in [-0.2, -0.15) is 11.8 Å². The molecule has 0 rings (SSSR count). The first-order chi connectivity index (χ1) is 43.6. The average Bonchev–Trinajstić information content (AvgIpc) is 3.63. The number of hydrogen-bond donors (Lipinski definition) is 5. The smallest absolute Gasteiger partial charge is 0.407 e. The lowest BCUT2D eigenvalue weighted by Crippen LogP contribution is -2.28. The van der Waals surface area contributed by atoms with E-state index in [0.29, 0.717) is 108 Å². The third-order valence-electron chi connectivity index (χ3n) is 14.6. The van der Waals surface area contributed by atoms with Crippen LogP contribution in [-0.2, 0) is 57.1 Å². The van der Waals surface area contributed by atoms with Gasteiger partial charge in [0.05, 0.1) is 26.4 Å². The second kappa shape index (κ2) is 81.5. The normalized spacial score (nSPS) is 13.2. The molecule has 0 bridgehead atoms. The first kappa shape index (κ1) is 99.3. The summed E-state index contributed by atoms with van der Waals surface area (Å²) in [5.74, 6) is 6.31. The Balaban J connectivity index is -0.000000251. The van der Waals surface area contributed by atoms with Crippen molar-refractivity contribution in [2.75, 3.05) is 137 Å². The van der Waals surface area contributed by atoms with Gasteiger partial charge in [0.2, 0.25) is 23.6 Å². The second-order valence-corrected chi connectivity index (χ2v) is 25.3. The minimum atomic E-state index is -0.312. The highest BCUT2D eigenvalue weighted by Crippen LogP contribution is 2.10. The van der Waals surface area contributed by atoms with Crippen molar-refractivity contribution < 1.29 is 61.9 Å².